The molecule has 1 aromatic carbocycles. The van der Waals surface area contributed by atoms with Crippen molar-refractivity contribution < 1.29 is 9.47 Å². The van der Waals surface area contributed by atoms with Crippen LogP contribution in [0.1, 0.15) is 33.1 Å². The zero-order valence-corrected chi connectivity index (χ0v) is 12.8. The number of aromatic nitrogens is 2. The lowest BCUT2D eigenvalue weighted by Gasteiger charge is -2.24. The van der Waals surface area contributed by atoms with Gasteiger partial charge < -0.3 is 19.8 Å². The lowest BCUT2D eigenvalue weighted by atomic mass is 10.0. The Labute approximate surface area is 125 Å². The van der Waals surface area contributed by atoms with Crippen molar-refractivity contribution in [1.82, 2.24) is 9.55 Å². The predicted molar refractivity (Wildman–Crippen MR) is 83.5 cm³/mol. The van der Waals surface area contributed by atoms with Crippen LogP contribution >= 0.6 is 0 Å². The third kappa shape index (κ3) is 2.70. The Morgan fingerprint density at radius 3 is 3.05 bits per heavy atom. The van der Waals surface area contributed by atoms with E-state index in [9.17, 15) is 0 Å². The molecular weight excluding hydrogens is 266 g/mol. The summed E-state index contributed by atoms with van der Waals surface area (Å²) in [5.74, 6) is 1.33. The van der Waals surface area contributed by atoms with E-state index in [0.29, 0.717) is 12.6 Å². The summed E-state index contributed by atoms with van der Waals surface area (Å²) in [5, 5.41) is 0. The van der Waals surface area contributed by atoms with Gasteiger partial charge in [-0.15, -0.1) is 0 Å². The first-order valence-corrected chi connectivity index (χ1v) is 7.64. The predicted octanol–water partition coefficient (Wildman–Crippen LogP) is 2.98. The Balaban J connectivity index is 1.97. The van der Waals surface area contributed by atoms with Crippen molar-refractivity contribution in [3.63, 3.8) is 0 Å². The van der Waals surface area contributed by atoms with Gasteiger partial charge in [0.2, 0.25) is 5.95 Å². The van der Waals surface area contributed by atoms with Crippen LogP contribution in [0.4, 0.5) is 5.95 Å². The smallest absolute Gasteiger partial charge is 0.201 e. The Bertz CT molecular complexity index is 630. The van der Waals surface area contributed by atoms with Crippen LogP contribution in [0.25, 0.3) is 11.0 Å². The highest BCUT2D eigenvalue weighted by atomic mass is 16.5. The van der Waals surface area contributed by atoms with E-state index >= 15 is 0 Å². The van der Waals surface area contributed by atoms with Gasteiger partial charge in [0.25, 0.3) is 0 Å². The molecule has 0 saturated carbocycles. The highest BCUT2D eigenvalue weighted by molar-refractivity contribution is 5.84. The van der Waals surface area contributed by atoms with Crippen molar-refractivity contribution in [2.75, 3.05) is 18.9 Å². The van der Waals surface area contributed by atoms with Crippen molar-refractivity contribution in [3.05, 3.63) is 18.2 Å². The van der Waals surface area contributed by atoms with Gasteiger partial charge in [-0.05, 0) is 38.3 Å². The molecule has 3 rings (SSSR count). The molecule has 2 N–H and O–H groups in total. The van der Waals surface area contributed by atoms with Crippen LogP contribution in [0.5, 0.6) is 5.75 Å². The highest BCUT2D eigenvalue weighted by Crippen LogP contribution is 2.32. The first-order valence-electron chi connectivity index (χ1n) is 7.64. The highest BCUT2D eigenvalue weighted by Gasteiger charge is 2.31. The SMILES string of the molecule is CCCOc1cccc2c1nc(N)n2CC1(C)CCCO1. The van der Waals surface area contributed by atoms with Gasteiger partial charge in [-0.3, -0.25) is 0 Å². The average Bonchev–Trinajstić information content (AvgIpc) is 3.03. The molecule has 0 aliphatic carbocycles. The molecule has 1 atom stereocenters. The van der Waals surface area contributed by atoms with Crippen molar-refractivity contribution in [1.29, 1.82) is 0 Å². The van der Waals surface area contributed by atoms with Gasteiger partial charge in [0.15, 0.2) is 0 Å². The second kappa shape index (κ2) is 5.56. The van der Waals surface area contributed by atoms with E-state index in [0.717, 1.165) is 49.2 Å². The minimum Gasteiger partial charge on any atom is -0.491 e. The van der Waals surface area contributed by atoms with Gasteiger partial charge in [0.1, 0.15) is 11.3 Å². The molecule has 1 unspecified atom stereocenters. The van der Waals surface area contributed by atoms with E-state index in [4.69, 9.17) is 15.2 Å². The van der Waals surface area contributed by atoms with Crippen molar-refractivity contribution in [2.24, 2.45) is 0 Å². The second-order valence-electron chi connectivity index (χ2n) is 5.93. The third-order valence-corrected chi connectivity index (χ3v) is 4.03. The van der Waals surface area contributed by atoms with Crippen molar-refractivity contribution >= 4 is 17.0 Å². The van der Waals surface area contributed by atoms with E-state index < -0.39 is 0 Å². The zero-order valence-electron chi connectivity index (χ0n) is 12.8. The topological polar surface area (TPSA) is 62.3 Å². The maximum atomic E-state index is 6.13. The van der Waals surface area contributed by atoms with Crippen LogP contribution < -0.4 is 10.5 Å². The monoisotopic (exact) mass is 289 g/mol. The minimum absolute atomic E-state index is 0.151. The molecule has 0 amide bonds. The minimum atomic E-state index is -0.151. The maximum Gasteiger partial charge on any atom is 0.201 e. The molecule has 1 aromatic heterocycles. The number of benzene rings is 1. The summed E-state index contributed by atoms with van der Waals surface area (Å²) in [6.45, 7) is 6.47. The quantitative estimate of drug-likeness (QED) is 0.919. The summed E-state index contributed by atoms with van der Waals surface area (Å²) in [5.41, 5.74) is 7.83. The fraction of sp³-hybridized carbons (Fsp3) is 0.562. The maximum absolute atomic E-state index is 6.13. The van der Waals surface area contributed by atoms with Crippen LogP contribution in [-0.2, 0) is 11.3 Å². The number of nitrogens with zero attached hydrogens (tertiary/aromatic N) is 2. The summed E-state index contributed by atoms with van der Waals surface area (Å²) in [6.07, 6.45) is 3.13. The Kier molecular flexibility index (Phi) is 3.76. The number of hydrogen-bond acceptors (Lipinski definition) is 4. The van der Waals surface area contributed by atoms with Crippen LogP contribution in [0.15, 0.2) is 18.2 Å². The number of rotatable bonds is 5. The Hall–Kier alpha value is -1.75. The molecular formula is C16H23N3O2. The lowest BCUT2D eigenvalue weighted by molar-refractivity contribution is 0.00750. The van der Waals surface area contributed by atoms with Gasteiger partial charge in [0, 0.05) is 6.61 Å². The van der Waals surface area contributed by atoms with E-state index in [1.807, 2.05) is 22.8 Å². The van der Waals surface area contributed by atoms with E-state index in [1.54, 1.807) is 0 Å². The third-order valence-electron chi connectivity index (χ3n) is 4.03. The van der Waals surface area contributed by atoms with Gasteiger partial charge in [-0.1, -0.05) is 13.0 Å². The summed E-state index contributed by atoms with van der Waals surface area (Å²) < 4.78 is 13.7. The molecule has 1 aliphatic heterocycles. The summed E-state index contributed by atoms with van der Waals surface area (Å²) in [7, 11) is 0. The number of hydrogen-bond donors (Lipinski definition) is 1. The molecule has 5 nitrogen and oxygen atoms in total. The first-order chi connectivity index (χ1) is 10.1. The standard InChI is InChI=1S/C16H23N3O2/c1-3-9-20-13-7-4-6-12-14(13)18-15(17)19(12)11-16(2)8-5-10-21-16/h4,6-7H,3,5,8-11H2,1-2H3,(H2,17,18). The summed E-state index contributed by atoms with van der Waals surface area (Å²) in [6, 6.07) is 5.97. The Morgan fingerprint density at radius 1 is 1.48 bits per heavy atom. The largest absolute Gasteiger partial charge is 0.491 e. The number of imidazole rings is 1. The molecule has 5 heteroatoms. The van der Waals surface area contributed by atoms with E-state index in [1.165, 1.54) is 0 Å². The van der Waals surface area contributed by atoms with Gasteiger partial charge >= 0.3 is 0 Å². The summed E-state index contributed by atoms with van der Waals surface area (Å²) in [4.78, 5) is 4.50. The lowest BCUT2D eigenvalue weighted by Crippen LogP contribution is -2.30. The first kappa shape index (κ1) is 14.2. The van der Waals surface area contributed by atoms with Crippen molar-refractivity contribution in [3.8, 4) is 5.75 Å². The van der Waals surface area contributed by atoms with Gasteiger partial charge in [0.05, 0.1) is 24.3 Å². The summed E-state index contributed by atoms with van der Waals surface area (Å²) >= 11 is 0. The number of nitrogens with two attached hydrogens (primary N) is 1. The van der Waals surface area contributed by atoms with Crippen LogP contribution in [0.2, 0.25) is 0 Å². The average molecular weight is 289 g/mol. The molecule has 1 aliphatic rings. The fourth-order valence-electron chi connectivity index (χ4n) is 2.93. The van der Waals surface area contributed by atoms with Crippen LogP contribution in [0, 0.1) is 0 Å². The fourth-order valence-corrected chi connectivity index (χ4v) is 2.93. The molecule has 0 radical (unpaired) electrons. The second-order valence-corrected chi connectivity index (χ2v) is 5.93. The molecule has 1 saturated heterocycles. The van der Waals surface area contributed by atoms with Gasteiger partial charge in [-0.25, -0.2) is 4.98 Å². The number of ether oxygens (including phenoxy) is 2. The van der Waals surface area contributed by atoms with Gasteiger partial charge in [-0.2, -0.15) is 0 Å². The molecule has 2 heterocycles. The van der Waals surface area contributed by atoms with E-state index in [-0.39, 0.29) is 5.60 Å². The molecule has 114 valence electrons. The number of anilines is 1. The molecule has 0 bridgehead atoms. The molecule has 1 fully saturated rings. The number of nitrogen functional groups attached to an aromatic ring is 1. The van der Waals surface area contributed by atoms with Crippen molar-refractivity contribution in [2.45, 2.75) is 45.3 Å². The zero-order chi connectivity index (χ0) is 14.9. The van der Waals surface area contributed by atoms with Crippen LogP contribution in [-0.4, -0.2) is 28.4 Å². The Morgan fingerprint density at radius 2 is 2.33 bits per heavy atom. The molecule has 2 aromatic rings. The van der Waals surface area contributed by atoms with Crippen LogP contribution in [0.3, 0.4) is 0 Å². The normalized spacial score (nSPS) is 22.0. The number of para-hydroxylation sites is 1. The number of fused-ring (bicyclic) bond motifs is 1. The molecule has 0 spiro atoms. The molecule has 21 heavy (non-hydrogen) atoms. The van der Waals surface area contributed by atoms with E-state index in [2.05, 4.69) is 18.8 Å².